The number of hydrogen-bond acceptors (Lipinski definition) is 7. The molecule has 8 nitrogen and oxygen atoms in total. The van der Waals surface area contributed by atoms with E-state index in [1.54, 1.807) is 6.20 Å². The summed E-state index contributed by atoms with van der Waals surface area (Å²) >= 11 is 0. The molecule has 152 valence electrons. The van der Waals surface area contributed by atoms with Gasteiger partial charge in [-0.3, -0.25) is 0 Å². The van der Waals surface area contributed by atoms with E-state index in [1.807, 2.05) is 24.3 Å². The van der Waals surface area contributed by atoms with Crippen LogP contribution in [0.5, 0.6) is 0 Å². The molecule has 0 fully saturated rings. The van der Waals surface area contributed by atoms with E-state index in [0.29, 0.717) is 23.8 Å². The highest BCUT2D eigenvalue weighted by Gasteiger charge is 2.13. The zero-order chi connectivity index (χ0) is 20.8. The lowest BCUT2D eigenvalue weighted by Crippen LogP contribution is -2.08. The fourth-order valence-corrected chi connectivity index (χ4v) is 3.27. The molecule has 0 aliphatic heterocycles. The first kappa shape index (κ1) is 19.7. The fourth-order valence-electron chi connectivity index (χ4n) is 3.27. The summed E-state index contributed by atoms with van der Waals surface area (Å²) in [5, 5.41) is 27.5. The zero-order valence-corrected chi connectivity index (χ0v) is 16.7. The number of aryl methyl sites for hydroxylation is 1. The van der Waals surface area contributed by atoms with Gasteiger partial charge < -0.3 is 10.4 Å². The van der Waals surface area contributed by atoms with E-state index in [1.165, 1.54) is 0 Å². The third kappa shape index (κ3) is 4.33. The molecule has 0 spiro atoms. The van der Waals surface area contributed by atoms with Gasteiger partial charge in [-0.2, -0.15) is 5.21 Å². The average molecular weight is 401 g/mol. The second-order valence-electron chi connectivity index (χ2n) is 6.90. The molecule has 4 rings (SSSR count). The number of aromatic nitrogens is 6. The summed E-state index contributed by atoms with van der Waals surface area (Å²) in [7, 11) is 0. The molecule has 0 unspecified atom stereocenters. The summed E-state index contributed by atoms with van der Waals surface area (Å²) in [6.45, 7) is 2.51. The topological polar surface area (TPSA) is 112 Å². The van der Waals surface area contributed by atoms with Gasteiger partial charge in [-0.25, -0.2) is 9.97 Å². The number of nitrogens with zero attached hydrogens (tertiary/aromatic N) is 5. The van der Waals surface area contributed by atoms with Crippen molar-refractivity contribution in [2.45, 2.75) is 32.9 Å². The van der Waals surface area contributed by atoms with Crippen molar-refractivity contribution in [2.24, 2.45) is 0 Å². The first-order valence-electron chi connectivity index (χ1n) is 9.90. The van der Waals surface area contributed by atoms with E-state index >= 15 is 0 Å². The molecular formula is C22H23N7O. The van der Waals surface area contributed by atoms with Gasteiger partial charge in [0.2, 0.25) is 5.82 Å². The first-order chi connectivity index (χ1) is 14.8. The lowest BCUT2D eigenvalue weighted by atomic mass is 9.97. The predicted octanol–water partition coefficient (Wildman–Crippen LogP) is 3.38. The quantitative estimate of drug-likeness (QED) is 0.415. The molecule has 4 aromatic rings. The maximum Gasteiger partial charge on any atom is 0.205 e. The van der Waals surface area contributed by atoms with Gasteiger partial charge in [0.05, 0.1) is 6.61 Å². The van der Waals surface area contributed by atoms with Gasteiger partial charge in [0.15, 0.2) is 0 Å². The van der Waals surface area contributed by atoms with Crippen molar-refractivity contribution in [3.8, 4) is 22.5 Å². The molecule has 0 saturated carbocycles. The van der Waals surface area contributed by atoms with Crippen molar-refractivity contribution in [3.05, 3.63) is 71.7 Å². The van der Waals surface area contributed by atoms with Crippen LogP contribution in [-0.2, 0) is 19.6 Å². The van der Waals surface area contributed by atoms with Crippen molar-refractivity contribution >= 4 is 5.82 Å². The largest absolute Gasteiger partial charge is 0.391 e. The maximum absolute atomic E-state index is 9.62. The maximum atomic E-state index is 9.62. The van der Waals surface area contributed by atoms with E-state index in [9.17, 15) is 5.11 Å². The Kier molecular flexibility index (Phi) is 6.05. The van der Waals surface area contributed by atoms with Gasteiger partial charge in [0.25, 0.3) is 0 Å². The minimum absolute atomic E-state index is 0.115. The Hall–Kier alpha value is -3.65. The number of anilines is 1. The average Bonchev–Trinajstić information content (AvgIpc) is 3.33. The van der Waals surface area contributed by atoms with Crippen LogP contribution < -0.4 is 5.32 Å². The van der Waals surface area contributed by atoms with Gasteiger partial charge in [-0.1, -0.05) is 49.4 Å². The number of nitrogens with one attached hydrogen (secondary N) is 2. The molecule has 0 amide bonds. The van der Waals surface area contributed by atoms with Gasteiger partial charge in [0.1, 0.15) is 11.6 Å². The summed E-state index contributed by atoms with van der Waals surface area (Å²) in [4.78, 5) is 8.87. The van der Waals surface area contributed by atoms with Gasteiger partial charge >= 0.3 is 0 Å². The van der Waals surface area contributed by atoms with Crippen molar-refractivity contribution in [1.29, 1.82) is 0 Å². The normalized spacial score (nSPS) is 10.9. The van der Waals surface area contributed by atoms with Crippen LogP contribution in [0.25, 0.3) is 22.5 Å². The summed E-state index contributed by atoms with van der Waals surface area (Å²) < 4.78 is 0. The Morgan fingerprint density at radius 2 is 1.93 bits per heavy atom. The number of aromatic amines is 1. The number of benzene rings is 2. The van der Waals surface area contributed by atoms with Crippen LogP contribution in [0.3, 0.4) is 0 Å². The predicted molar refractivity (Wildman–Crippen MR) is 114 cm³/mol. The van der Waals surface area contributed by atoms with Crippen LogP contribution >= 0.6 is 0 Å². The summed E-state index contributed by atoms with van der Waals surface area (Å²) in [5.41, 5.74) is 4.72. The molecule has 0 aliphatic rings. The molecule has 0 saturated heterocycles. The monoisotopic (exact) mass is 401 g/mol. The van der Waals surface area contributed by atoms with Crippen LogP contribution in [-0.4, -0.2) is 35.7 Å². The van der Waals surface area contributed by atoms with Gasteiger partial charge in [0, 0.05) is 30.3 Å². The zero-order valence-electron chi connectivity index (χ0n) is 16.7. The Morgan fingerprint density at radius 3 is 2.67 bits per heavy atom. The molecule has 2 aromatic carbocycles. The van der Waals surface area contributed by atoms with E-state index < -0.39 is 0 Å². The lowest BCUT2D eigenvalue weighted by Gasteiger charge is -2.13. The van der Waals surface area contributed by atoms with Crippen LogP contribution in [0.1, 0.15) is 30.3 Å². The van der Waals surface area contributed by atoms with E-state index in [4.69, 9.17) is 0 Å². The molecule has 0 aliphatic carbocycles. The summed E-state index contributed by atoms with van der Waals surface area (Å²) in [5.74, 6) is 1.97. The van der Waals surface area contributed by atoms with Crippen molar-refractivity contribution in [2.75, 3.05) is 5.32 Å². The molecule has 3 N–H and O–H groups in total. The molecule has 0 bridgehead atoms. The van der Waals surface area contributed by atoms with Crippen LogP contribution in [0.2, 0.25) is 0 Å². The highest BCUT2D eigenvalue weighted by molar-refractivity contribution is 5.80. The lowest BCUT2D eigenvalue weighted by molar-refractivity contribution is 0.281. The Morgan fingerprint density at radius 1 is 1.07 bits per heavy atom. The SMILES string of the molecule is CCCc1ncc(CO)c(NCc2ccc(-c3ccccc3)c(-c3nn[nH]n3)c2)n1. The summed E-state index contributed by atoms with van der Waals surface area (Å²) in [6.07, 6.45) is 3.45. The van der Waals surface area contributed by atoms with Crippen molar-refractivity contribution < 1.29 is 5.11 Å². The molecule has 30 heavy (non-hydrogen) atoms. The molecule has 0 atom stereocenters. The number of aliphatic hydroxyl groups is 1. The third-order valence-corrected chi connectivity index (χ3v) is 4.77. The fraction of sp³-hybridized carbons (Fsp3) is 0.227. The molecular weight excluding hydrogens is 378 g/mol. The third-order valence-electron chi connectivity index (χ3n) is 4.77. The highest BCUT2D eigenvalue weighted by atomic mass is 16.3. The standard InChI is InChI=1S/C22H23N7O/c1-2-6-20-23-13-17(14-30)21(25-20)24-12-15-9-10-18(16-7-4-3-5-8-16)19(11-15)22-26-28-29-27-22/h3-5,7-11,13,30H,2,6,12,14H2,1H3,(H,23,24,25)(H,26,27,28,29). The highest BCUT2D eigenvalue weighted by Crippen LogP contribution is 2.31. The number of tetrazole rings is 1. The Balaban J connectivity index is 1.63. The molecule has 2 aromatic heterocycles. The smallest absolute Gasteiger partial charge is 0.205 e. The van der Waals surface area contributed by atoms with Gasteiger partial charge in [-0.05, 0) is 34.4 Å². The number of H-pyrrole nitrogens is 1. The second kappa shape index (κ2) is 9.23. The Labute approximate surface area is 174 Å². The Bertz CT molecular complexity index is 1100. The van der Waals surface area contributed by atoms with Crippen LogP contribution in [0.15, 0.2) is 54.7 Å². The molecule has 2 heterocycles. The van der Waals surface area contributed by atoms with Crippen molar-refractivity contribution in [1.82, 2.24) is 30.6 Å². The number of hydrogen-bond donors (Lipinski definition) is 3. The van der Waals surface area contributed by atoms with Crippen LogP contribution in [0.4, 0.5) is 5.82 Å². The van der Waals surface area contributed by atoms with Gasteiger partial charge in [-0.15, -0.1) is 10.2 Å². The van der Waals surface area contributed by atoms with Crippen molar-refractivity contribution in [3.63, 3.8) is 0 Å². The number of rotatable bonds is 8. The second-order valence-corrected chi connectivity index (χ2v) is 6.90. The minimum Gasteiger partial charge on any atom is -0.391 e. The van der Waals surface area contributed by atoms with E-state index in [-0.39, 0.29) is 6.61 Å². The summed E-state index contributed by atoms with van der Waals surface area (Å²) in [6, 6.07) is 16.3. The first-order valence-corrected chi connectivity index (χ1v) is 9.90. The molecule has 8 heteroatoms. The molecule has 0 radical (unpaired) electrons. The van der Waals surface area contributed by atoms with Crippen LogP contribution in [0, 0.1) is 0 Å². The van der Waals surface area contributed by atoms with E-state index in [0.717, 1.165) is 40.9 Å². The van der Waals surface area contributed by atoms with E-state index in [2.05, 4.69) is 67.1 Å². The minimum atomic E-state index is -0.115. The number of aliphatic hydroxyl groups excluding tert-OH is 1.